The predicted molar refractivity (Wildman–Crippen MR) is 91.2 cm³/mol. The van der Waals surface area contributed by atoms with Crippen LogP contribution in [0, 0.1) is 5.41 Å². The molecule has 0 radical (unpaired) electrons. The fourth-order valence-electron chi connectivity index (χ4n) is 3.45. The number of carbonyl (C=O) groups excluding carboxylic acids is 1. The number of rotatable bonds is 3. The average molecular weight is 345 g/mol. The van der Waals surface area contributed by atoms with Gasteiger partial charge in [-0.15, -0.1) is 12.4 Å². The lowest BCUT2D eigenvalue weighted by Crippen LogP contribution is -2.51. The summed E-state index contributed by atoms with van der Waals surface area (Å²) >= 11 is 6.10. The van der Waals surface area contributed by atoms with Crippen LogP contribution in [0.4, 0.5) is 5.69 Å². The van der Waals surface area contributed by atoms with Crippen molar-refractivity contribution in [3.8, 4) is 0 Å². The van der Waals surface area contributed by atoms with Gasteiger partial charge in [0, 0.05) is 24.4 Å². The minimum atomic E-state index is -0.399. The van der Waals surface area contributed by atoms with Gasteiger partial charge in [0.25, 0.3) is 0 Å². The highest BCUT2D eigenvalue weighted by atomic mass is 35.5. The fourth-order valence-corrected chi connectivity index (χ4v) is 3.62. The lowest BCUT2D eigenvalue weighted by atomic mass is 9.78. The number of halogens is 2. The van der Waals surface area contributed by atoms with Crippen molar-refractivity contribution in [2.24, 2.45) is 5.41 Å². The third-order valence-corrected chi connectivity index (χ3v) is 4.86. The SMILES string of the molecule is COCC1(C(=O)N2CCc3ccc(Cl)cc32)CCNCC1.Cl. The highest BCUT2D eigenvalue weighted by Gasteiger charge is 2.43. The molecule has 1 aromatic rings. The normalized spacial score (nSPS) is 19.5. The maximum absolute atomic E-state index is 13.2. The first-order valence-corrected chi connectivity index (χ1v) is 7.84. The van der Waals surface area contributed by atoms with Crippen LogP contribution in [-0.2, 0) is 16.0 Å². The maximum Gasteiger partial charge on any atom is 0.235 e. The Labute approximate surface area is 142 Å². The van der Waals surface area contributed by atoms with Gasteiger partial charge in [0.2, 0.25) is 5.91 Å². The van der Waals surface area contributed by atoms with Crippen molar-refractivity contribution >= 4 is 35.6 Å². The van der Waals surface area contributed by atoms with Crippen molar-refractivity contribution in [2.75, 3.05) is 38.3 Å². The standard InChI is InChI=1S/C16H21ClN2O2.ClH/c1-21-11-16(5-7-18-8-6-16)15(20)19-9-4-12-2-3-13(17)10-14(12)19;/h2-3,10,18H,4-9,11H2,1H3;1H. The van der Waals surface area contributed by atoms with Crippen molar-refractivity contribution < 1.29 is 9.53 Å². The average Bonchev–Trinajstić information content (AvgIpc) is 2.90. The quantitative estimate of drug-likeness (QED) is 0.916. The fraction of sp³-hybridized carbons (Fsp3) is 0.562. The number of carbonyl (C=O) groups is 1. The molecular formula is C16H22Cl2N2O2. The van der Waals surface area contributed by atoms with E-state index in [1.54, 1.807) is 7.11 Å². The Morgan fingerprint density at radius 2 is 2.14 bits per heavy atom. The first kappa shape index (κ1) is 17.5. The summed E-state index contributed by atoms with van der Waals surface area (Å²) in [5.41, 5.74) is 1.78. The number of piperidine rings is 1. The van der Waals surface area contributed by atoms with Crippen LogP contribution >= 0.6 is 24.0 Å². The molecule has 1 fully saturated rings. The Morgan fingerprint density at radius 1 is 1.41 bits per heavy atom. The third-order valence-electron chi connectivity index (χ3n) is 4.62. The Kier molecular flexibility index (Phi) is 5.72. The van der Waals surface area contributed by atoms with Crippen LogP contribution in [0.5, 0.6) is 0 Å². The van der Waals surface area contributed by atoms with Crippen LogP contribution in [0.1, 0.15) is 18.4 Å². The summed E-state index contributed by atoms with van der Waals surface area (Å²) in [6.07, 6.45) is 2.55. The highest BCUT2D eigenvalue weighted by Crippen LogP contribution is 2.38. The van der Waals surface area contributed by atoms with Crippen molar-refractivity contribution in [3.05, 3.63) is 28.8 Å². The molecule has 1 saturated heterocycles. The molecule has 3 rings (SSSR count). The van der Waals surface area contributed by atoms with Gasteiger partial charge >= 0.3 is 0 Å². The van der Waals surface area contributed by atoms with Gasteiger partial charge in [-0.1, -0.05) is 17.7 Å². The van der Waals surface area contributed by atoms with Gasteiger partial charge in [0.05, 0.1) is 12.0 Å². The molecule has 1 aromatic carbocycles. The predicted octanol–water partition coefficient (Wildman–Crippen LogP) is 2.67. The zero-order chi connectivity index (χ0) is 14.9. The molecule has 22 heavy (non-hydrogen) atoms. The molecule has 1 amide bonds. The molecule has 0 unspecified atom stereocenters. The number of benzene rings is 1. The summed E-state index contributed by atoms with van der Waals surface area (Å²) in [4.78, 5) is 15.1. The lowest BCUT2D eigenvalue weighted by Gasteiger charge is -2.38. The van der Waals surface area contributed by atoms with Crippen molar-refractivity contribution in [2.45, 2.75) is 19.3 Å². The van der Waals surface area contributed by atoms with Crippen LogP contribution in [0.25, 0.3) is 0 Å². The van der Waals surface area contributed by atoms with E-state index >= 15 is 0 Å². The van der Waals surface area contributed by atoms with Crippen LogP contribution < -0.4 is 10.2 Å². The maximum atomic E-state index is 13.2. The molecule has 2 aliphatic rings. The molecule has 0 spiro atoms. The lowest BCUT2D eigenvalue weighted by molar-refractivity contribution is -0.133. The summed E-state index contributed by atoms with van der Waals surface area (Å²) in [5, 5.41) is 4.00. The molecule has 0 aliphatic carbocycles. The monoisotopic (exact) mass is 344 g/mol. The number of hydrogen-bond acceptors (Lipinski definition) is 3. The zero-order valence-electron chi connectivity index (χ0n) is 12.7. The summed E-state index contributed by atoms with van der Waals surface area (Å²) in [7, 11) is 1.67. The Balaban J connectivity index is 0.00000176. The molecule has 0 atom stereocenters. The van der Waals surface area contributed by atoms with Gasteiger partial charge in [0.15, 0.2) is 0 Å². The van der Waals surface area contributed by atoms with E-state index in [0.29, 0.717) is 11.6 Å². The second-order valence-corrected chi connectivity index (χ2v) is 6.38. The largest absolute Gasteiger partial charge is 0.384 e. The first-order valence-electron chi connectivity index (χ1n) is 7.46. The number of anilines is 1. The van der Waals surface area contributed by atoms with Crippen LogP contribution in [0.2, 0.25) is 5.02 Å². The molecule has 2 aliphatic heterocycles. The van der Waals surface area contributed by atoms with E-state index in [1.165, 1.54) is 5.56 Å². The van der Waals surface area contributed by atoms with E-state index in [0.717, 1.165) is 44.6 Å². The summed E-state index contributed by atoms with van der Waals surface area (Å²) in [6, 6.07) is 5.82. The van der Waals surface area contributed by atoms with Crippen LogP contribution in [-0.4, -0.2) is 39.3 Å². The van der Waals surface area contributed by atoms with E-state index in [2.05, 4.69) is 5.32 Å². The minimum absolute atomic E-state index is 0. The number of methoxy groups -OCH3 is 1. The van der Waals surface area contributed by atoms with Gasteiger partial charge in [-0.2, -0.15) is 0 Å². The number of fused-ring (bicyclic) bond motifs is 1. The molecular weight excluding hydrogens is 323 g/mol. The van der Waals surface area contributed by atoms with Gasteiger partial charge in [0.1, 0.15) is 0 Å². The van der Waals surface area contributed by atoms with E-state index in [9.17, 15) is 4.79 Å². The molecule has 4 nitrogen and oxygen atoms in total. The van der Waals surface area contributed by atoms with Gasteiger partial charge in [-0.3, -0.25) is 4.79 Å². The number of hydrogen-bond donors (Lipinski definition) is 1. The van der Waals surface area contributed by atoms with Crippen LogP contribution in [0.3, 0.4) is 0 Å². The van der Waals surface area contributed by atoms with Gasteiger partial charge in [-0.05, 0) is 50.0 Å². The molecule has 0 aromatic heterocycles. The van der Waals surface area contributed by atoms with Gasteiger partial charge < -0.3 is 15.0 Å². The van der Waals surface area contributed by atoms with Crippen molar-refractivity contribution in [1.82, 2.24) is 5.32 Å². The van der Waals surface area contributed by atoms with E-state index in [4.69, 9.17) is 16.3 Å². The topological polar surface area (TPSA) is 41.6 Å². The molecule has 0 bridgehead atoms. The minimum Gasteiger partial charge on any atom is -0.384 e. The Morgan fingerprint density at radius 3 is 2.82 bits per heavy atom. The number of amides is 1. The van der Waals surface area contributed by atoms with E-state index in [1.807, 2.05) is 23.1 Å². The second-order valence-electron chi connectivity index (χ2n) is 5.94. The van der Waals surface area contributed by atoms with Crippen LogP contribution in [0.15, 0.2) is 18.2 Å². The van der Waals surface area contributed by atoms with E-state index < -0.39 is 5.41 Å². The highest BCUT2D eigenvalue weighted by molar-refractivity contribution is 6.31. The molecule has 2 heterocycles. The van der Waals surface area contributed by atoms with Crippen molar-refractivity contribution in [3.63, 3.8) is 0 Å². The third kappa shape index (κ3) is 3.11. The number of nitrogens with one attached hydrogen (secondary N) is 1. The van der Waals surface area contributed by atoms with Crippen molar-refractivity contribution in [1.29, 1.82) is 0 Å². The summed E-state index contributed by atoms with van der Waals surface area (Å²) in [5.74, 6) is 0.187. The zero-order valence-corrected chi connectivity index (χ0v) is 14.3. The Bertz CT molecular complexity index is 539. The molecule has 0 saturated carbocycles. The van der Waals surface area contributed by atoms with E-state index in [-0.39, 0.29) is 18.3 Å². The summed E-state index contributed by atoms with van der Waals surface area (Å²) in [6.45, 7) is 2.96. The molecule has 6 heteroatoms. The first-order chi connectivity index (χ1) is 10.2. The number of nitrogens with zero attached hydrogens (tertiary/aromatic N) is 1. The second kappa shape index (κ2) is 7.18. The van der Waals surface area contributed by atoms with Gasteiger partial charge in [-0.25, -0.2) is 0 Å². The molecule has 122 valence electrons. The molecule has 1 N–H and O–H groups in total. The smallest absolute Gasteiger partial charge is 0.235 e. The Hall–Kier alpha value is -0.810. The summed E-state index contributed by atoms with van der Waals surface area (Å²) < 4.78 is 5.38. The number of ether oxygens (including phenoxy) is 1.